The topological polar surface area (TPSA) is 58.1 Å². The second-order valence-electron chi connectivity index (χ2n) is 4.89. The van der Waals surface area contributed by atoms with Gasteiger partial charge in [0.05, 0.1) is 23.3 Å². The van der Waals surface area contributed by atoms with Crippen molar-refractivity contribution in [3.8, 4) is 0 Å². The molecule has 0 aliphatic rings. The van der Waals surface area contributed by atoms with Crippen LogP contribution in [0.15, 0.2) is 11.6 Å². The van der Waals surface area contributed by atoms with Gasteiger partial charge in [-0.05, 0) is 20.3 Å². The lowest BCUT2D eigenvalue weighted by Gasteiger charge is -2.19. The highest BCUT2D eigenvalue weighted by Gasteiger charge is 2.16. The highest BCUT2D eigenvalue weighted by Crippen LogP contribution is 2.17. The Morgan fingerprint density at radius 1 is 1.52 bits per heavy atom. The molecule has 2 aromatic heterocycles. The van der Waals surface area contributed by atoms with Gasteiger partial charge in [-0.25, -0.2) is 14.8 Å². The largest absolute Gasteiger partial charge is 0.330 e. The molecule has 0 aliphatic heterocycles. The molecule has 21 heavy (non-hydrogen) atoms. The number of carbonyl (C=O) groups is 1. The van der Waals surface area contributed by atoms with Crippen molar-refractivity contribution in [2.24, 2.45) is 0 Å². The Hall–Kier alpha value is -1.47. The van der Waals surface area contributed by atoms with Crippen molar-refractivity contribution in [1.29, 1.82) is 0 Å². The first-order chi connectivity index (χ1) is 9.99. The Balaban J connectivity index is 1.90. The van der Waals surface area contributed by atoms with Crippen LogP contribution in [-0.2, 0) is 13.0 Å². The van der Waals surface area contributed by atoms with Crippen LogP contribution in [0.3, 0.4) is 0 Å². The first-order valence-corrected chi connectivity index (χ1v) is 8.56. The lowest BCUT2D eigenvalue weighted by molar-refractivity contribution is 0.203. The van der Waals surface area contributed by atoms with Gasteiger partial charge < -0.3 is 10.2 Å². The van der Waals surface area contributed by atoms with Crippen LogP contribution in [0.5, 0.6) is 0 Å². The molecule has 0 saturated carbocycles. The van der Waals surface area contributed by atoms with Crippen LogP contribution in [0.25, 0.3) is 0 Å². The maximum absolute atomic E-state index is 12.2. The molecule has 0 unspecified atom stereocenters. The summed E-state index contributed by atoms with van der Waals surface area (Å²) >= 11 is 3.25. The number of carbonyl (C=O) groups excluding carboxylic acids is 1. The lowest BCUT2D eigenvalue weighted by atomic mass is 10.3. The maximum Gasteiger partial charge on any atom is 0.318 e. The van der Waals surface area contributed by atoms with Crippen LogP contribution in [0.2, 0.25) is 0 Å². The number of aromatic nitrogens is 2. The smallest absolute Gasteiger partial charge is 0.318 e. The Labute approximate surface area is 133 Å². The van der Waals surface area contributed by atoms with Crippen molar-refractivity contribution in [2.75, 3.05) is 7.05 Å². The minimum atomic E-state index is -0.110. The molecule has 5 nitrogen and oxygen atoms in total. The molecule has 2 aromatic rings. The van der Waals surface area contributed by atoms with Gasteiger partial charge in [0.2, 0.25) is 0 Å². The molecule has 2 heterocycles. The third-order valence-corrected chi connectivity index (χ3v) is 5.01. The highest BCUT2D eigenvalue weighted by atomic mass is 32.1. The molecular formula is C14H20N4OS2. The van der Waals surface area contributed by atoms with Crippen molar-refractivity contribution in [3.05, 3.63) is 32.2 Å². The summed E-state index contributed by atoms with van der Waals surface area (Å²) < 4.78 is 0. The van der Waals surface area contributed by atoms with Crippen molar-refractivity contribution in [3.63, 3.8) is 0 Å². The molecule has 1 N–H and O–H groups in total. The normalized spacial score (nSPS) is 12.2. The minimum Gasteiger partial charge on any atom is -0.330 e. The van der Waals surface area contributed by atoms with Gasteiger partial charge in [-0.1, -0.05) is 6.92 Å². The number of rotatable bonds is 5. The quantitative estimate of drug-likeness (QED) is 0.917. The van der Waals surface area contributed by atoms with Gasteiger partial charge in [-0.2, -0.15) is 0 Å². The number of amides is 2. The molecule has 7 heteroatoms. The van der Waals surface area contributed by atoms with Gasteiger partial charge in [0.25, 0.3) is 0 Å². The third-order valence-electron chi connectivity index (χ3n) is 3.09. The summed E-state index contributed by atoms with van der Waals surface area (Å²) in [5.74, 6) is 0. The Bertz CT molecular complexity index is 608. The van der Waals surface area contributed by atoms with Crippen molar-refractivity contribution >= 4 is 28.7 Å². The van der Waals surface area contributed by atoms with E-state index in [0.717, 1.165) is 22.1 Å². The summed E-state index contributed by atoms with van der Waals surface area (Å²) in [5, 5.41) is 6.91. The van der Waals surface area contributed by atoms with E-state index in [2.05, 4.69) is 22.2 Å². The molecule has 0 radical (unpaired) electrons. The van der Waals surface area contributed by atoms with Crippen molar-refractivity contribution in [2.45, 2.75) is 39.8 Å². The van der Waals surface area contributed by atoms with E-state index in [1.54, 1.807) is 34.6 Å². The average Bonchev–Trinajstić information content (AvgIpc) is 3.07. The second kappa shape index (κ2) is 7.00. The van der Waals surface area contributed by atoms with Gasteiger partial charge in [0.15, 0.2) is 0 Å². The van der Waals surface area contributed by atoms with E-state index in [1.807, 2.05) is 25.4 Å². The van der Waals surface area contributed by atoms with Crippen LogP contribution in [0, 0.1) is 6.92 Å². The van der Waals surface area contributed by atoms with Gasteiger partial charge in [-0.15, -0.1) is 22.7 Å². The number of urea groups is 1. The average molecular weight is 324 g/mol. The Morgan fingerprint density at radius 3 is 2.86 bits per heavy atom. The SMILES string of the molecule is CCc1cnc(CN(C)C(=O)N[C@H](C)c2csc(C)n2)s1. The Morgan fingerprint density at radius 2 is 2.29 bits per heavy atom. The van der Waals surface area contributed by atoms with E-state index < -0.39 is 0 Å². The fourth-order valence-electron chi connectivity index (χ4n) is 1.81. The minimum absolute atomic E-state index is 0.0904. The Kier molecular flexibility index (Phi) is 5.30. The third kappa shape index (κ3) is 4.25. The van der Waals surface area contributed by atoms with Gasteiger partial charge in [0, 0.05) is 23.5 Å². The number of aryl methyl sites for hydroxylation is 2. The predicted molar refractivity (Wildman–Crippen MR) is 86.8 cm³/mol. The van der Waals surface area contributed by atoms with Crippen LogP contribution in [0.1, 0.15) is 40.5 Å². The van der Waals surface area contributed by atoms with E-state index in [4.69, 9.17) is 0 Å². The van der Waals surface area contributed by atoms with Crippen LogP contribution < -0.4 is 5.32 Å². The molecule has 2 amide bonds. The van der Waals surface area contributed by atoms with Gasteiger partial charge in [0.1, 0.15) is 5.01 Å². The van der Waals surface area contributed by atoms with E-state index in [0.29, 0.717) is 6.54 Å². The molecule has 0 aromatic carbocycles. The lowest BCUT2D eigenvalue weighted by Crippen LogP contribution is -2.38. The number of hydrogen-bond acceptors (Lipinski definition) is 5. The number of thiazole rings is 2. The summed E-state index contributed by atoms with van der Waals surface area (Å²) in [4.78, 5) is 23.8. The first kappa shape index (κ1) is 15.9. The van der Waals surface area contributed by atoms with Crippen molar-refractivity contribution in [1.82, 2.24) is 20.2 Å². The zero-order valence-corrected chi connectivity index (χ0v) is 14.3. The van der Waals surface area contributed by atoms with E-state index in [-0.39, 0.29) is 12.1 Å². The van der Waals surface area contributed by atoms with E-state index in [9.17, 15) is 4.79 Å². The monoisotopic (exact) mass is 324 g/mol. The maximum atomic E-state index is 12.2. The number of nitrogens with zero attached hydrogens (tertiary/aromatic N) is 3. The number of nitrogens with one attached hydrogen (secondary N) is 1. The summed E-state index contributed by atoms with van der Waals surface area (Å²) in [6, 6.07) is -0.200. The summed E-state index contributed by atoms with van der Waals surface area (Å²) in [5.41, 5.74) is 0.904. The van der Waals surface area contributed by atoms with E-state index >= 15 is 0 Å². The fraction of sp³-hybridized carbons (Fsp3) is 0.500. The van der Waals surface area contributed by atoms with Gasteiger partial charge in [-0.3, -0.25) is 0 Å². The van der Waals surface area contributed by atoms with Crippen LogP contribution >= 0.6 is 22.7 Å². The molecule has 0 saturated heterocycles. The molecule has 0 fully saturated rings. The summed E-state index contributed by atoms with van der Waals surface area (Å²) in [6.45, 7) is 6.53. The van der Waals surface area contributed by atoms with Crippen molar-refractivity contribution < 1.29 is 4.79 Å². The molecule has 114 valence electrons. The molecule has 1 atom stereocenters. The van der Waals surface area contributed by atoms with Crippen LogP contribution in [0.4, 0.5) is 4.79 Å². The molecule has 2 rings (SSSR count). The summed E-state index contributed by atoms with van der Waals surface area (Å²) in [7, 11) is 1.78. The molecular weight excluding hydrogens is 304 g/mol. The van der Waals surface area contributed by atoms with Crippen LogP contribution in [-0.4, -0.2) is 27.9 Å². The second-order valence-corrected chi connectivity index (χ2v) is 7.15. The standard InChI is InChI=1S/C14H20N4OS2/c1-5-11-6-15-13(21-11)7-18(4)14(19)16-9(2)12-8-20-10(3)17-12/h6,8-9H,5,7H2,1-4H3,(H,16,19)/t9-/m1/s1. The summed E-state index contributed by atoms with van der Waals surface area (Å²) in [6.07, 6.45) is 2.86. The predicted octanol–water partition coefficient (Wildman–Crippen LogP) is 3.37. The van der Waals surface area contributed by atoms with E-state index in [1.165, 1.54) is 4.88 Å². The zero-order valence-electron chi connectivity index (χ0n) is 12.7. The number of hydrogen-bond donors (Lipinski definition) is 1. The fourth-order valence-corrected chi connectivity index (χ4v) is 3.43. The van der Waals surface area contributed by atoms with Gasteiger partial charge >= 0.3 is 6.03 Å². The highest BCUT2D eigenvalue weighted by molar-refractivity contribution is 7.11. The zero-order chi connectivity index (χ0) is 15.4. The molecule has 0 spiro atoms. The molecule has 0 bridgehead atoms. The molecule has 0 aliphatic carbocycles. The first-order valence-electron chi connectivity index (χ1n) is 6.86.